The van der Waals surface area contributed by atoms with Crippen LogP contribution in [0.3, 0.4) is 0 Å². The highest BCUT2D eigenvalue weighted by atomic mass is 79.9. The molecule has 1 aromatic carbocycles. The smallest absolute Gasteiger partial charge is 0.228 e. The Balaban J connectivity index is 2.09. The minimum Gasteiger partial charge on any atom is -0.327 e. The van der Waals surface area contributed by atoms with Crippen LogP contribution in [0.5, 0.6) is 0 Å². The van der Waals surface area contributed by atoms with E-state index in [2.05, 4.69) is 15.9 Å². The second kappa shape index (κ2) is 7.49. The second-order valence-corrected chi connectivity index (χ2v) is 7.35. The van der Waals surface area contributed by atoms with Crippen LogP contribution in [0, 0.1) is 6.92 Å². The molecule has 1 aliphatic heterocycles. The van der Waals surface area contributed by atoms with Gasteiger partial charge in [0.2, 0.25) is 5.91 Å². The van der Waals surface area contributed by atoms with Crippen molar-refractivity contribution in [2.75, 3.05) is 27.2 Å². The molecule has 5 nitrogen and oxygen atoms in total. The van der Waals surface area contributed by atoms with Gasteiger partial charge in [0.15, 0.2) is 0 Å². The molecule has 0 radical (unpaired) electrons. The van der Waals surface area contributed by atoms with Gasteiger partial charge in [-0.15, -0.1) is 0 Å². The molecule has 2 rings (SSSR count). The number of piperidine rings is 1. The highest BCUT2D eigenvalue weighted by Crippen LogP contribution is 2.28. The normalized spacial score (nSPS) is 18.0. The van der Waals surface area contributed by atoms with E-state index in [0.717, 1.165) is 15.6 Å². The van der Waals surface area contributed by atoms with Crippen molar-refractivity contribution in [1.82, 2.24) is 9.96 Å². The van der Waals surface area contributed by atoms with Gasteiger partial charge in [0.25, 0.3) is 0 Å². The van der Waals surface area contributed by atoms with E-state index in [9.17, 15) is 4.79 Å². The summed E-state index contributed by atoms with van der Waals surface area (Å²) in [6, 6.07) is 3.77. The molecule has 1 saturated heterocycles. The van der Waals surface area contributed by atoms with Gasteiger partial charge in [0, 0.05) is 29.6 Å². The number of halogens is 2. The number of carbonyl (C=O) groups excluding carboxylic acids is 1. The van der Waals surface area contributed by atoms with Crippen LogP contribution in [-0.4, -0.2) is 48.8 Å². The number of hydrogen-bond acceptors (Lipinski definition) is 4. The number of carbonyl (C=O) groups is 1. The summed E-state index contributed by atoms with van der Waals surface area (Å²) >= 11 is 9.70. The van der Waals surface area contributed by atoms with Gasteiger partial charge in [0.1, 0.15) is 0 Å². The number of nitrogens with two attached hydrogens (primary N) is 1. The number of benzene rings is 1. The molecule has 1 aromatic rings. The quantitative estimate of drug-likeness (QED) is 0.784. The first kappa shape index (κ1) is 18.7. The lowest BCUT2D eigenvalue weighted by molar-refractivity contribution is -0.166. The maximum Gasteiger partial charge on any atom is 0.228 e. The molecular weight excluding hydrogens is 382 g/mol. The van der Waals surface area contributed by atoms with E-state index < -0.39 is 5.66 Å². The third-order valence-electron chi connectivity index (χ3n) is 4.60. The fraction of sp³-hybridized carbons (Fsp3) is 0.562. The lowest BCUT2D eigenvalue weighted by Gasteiger charge is -2.44. The van der Waals surface area contributed by atoms with Crippen LogP contribution in [0.1, 0.15) is 24.0 Å². The van der Waals surface area contributed by atoms with Crippen molar-refractivity contribution in [2.45, 2.75) is 31.8 Å². The fourth-order valence-electron chi connectivity index (χ4n) is 2.87. The summed E-state index contributed by atoms with van der Waals surface area (Å²) in [5.41, 5.74) is 7.66. The van der Waals surface area contributed by atoms with Crippen LogP contribution in [-0.2, 0) is 16.1 Å². The molecule has 7 heteroatoms. The molecule has 0 aliphatic carbocycles. The van der Waals surface area contributed by atoms with Crippen molar-refractivity contribution >= 4 is 33.4 Å². The summed E-state index contributed by atoms with van der Waals surface area (Å²) in [7, 11) is 3.42. The fourth-order valence-corrected chi connectivity index (χ4v) is 3.90. The van der Waals surface area contributed by atoms with Crippen LogP contribution in [0.15, 0.2) is 16.6 Å². The van der Waals surface area contributed by atoms with Crippen molar-refractivity contribution in [3.8, 4) is 0 Å². The third-order valence-corrected chi connectivity index (χ3v) is 5.39. The molecular formula is C16H23BrClN3O2. The monoisotopic (exact) mass is 403 g/mol. The average molecular weight is 405 g/mol. The number of nitrogens with zero attached hydrogens (tertiary/aromatic N) is 2. The van der Waals surface area contributed by atoms with Crippen LogP contribution in [0.25, 0.3) is 0 Å². The van der Waals surface area contributed by atoms with Gasteiger partial charge in [0.05, 0.1) is 19.2 Å². The number of amides is 1. The maximum absolute atomic E-state index is 12.7. The van der Waals surface area contributed by atoms with E-state index in [1.807, 2.05) is 24.1 Å². The van der Waals surface area contributed by atoms with Gasteiger partial charge in [-0.1, -0.05) is 27.5 Å². The third kappa shape index (κ3) is 4.25. The summed E-state index contributed by atoms with van der Waals surface area (Å²) in [6.45, 7) is 3.37. The molecule has 0 spiro atoms. The first-order chi connectivity index (χ1) is 10.8. The Hall–Kier alpha value is -0.660. The first-order valence-electron chi connectivity index (χ1n) is 7.56. The van der Waals surface area contributed by atoms with Crippen LogP contribution < -0.4 is 5.73 Å². The van der Waals surface area contributed by atoms with Crippen molar-refractivity contribution in [2.24, 2.45) is 5.73 Å². The lowest BCUT2D eigenvalue weighted by Crippen LogP contribution is -2.61. The largest absolute Gasteiger partial charge is 0.327 e. The van der Waals surface area contributed by atoms with E-state index in [1.54, 1.807) is 19.1 Å². The highest BCUT2D eigenvalue weighted by Gasteiger charge is 2.37. The minimum absolute atomic E-state index is 0.0225. The Morgan fingerprint density at radius 2 is 2.09 bits per heavy atom. The highest BCUT2D eigenvalue weighted by molar-refractivity contribution is 9.10. The maximum atomic E-state index is 12.7. The SMILES string of the molecule is CON1CCC(N)(N(C)C(=O)Cc2c(C)cc(Br)cc2Cl)CC1. The molecule has 1 amide bonds. The number of likely N-dealkylation sites (N-methyl/N-ethyl adjacent to an activating group) is 1. The number of rotatable bonds is 4. The second-order valence-electron chi connectivity index (χ2n) is 6.03. The summed E-state index contributed by atoms with van der Waals surface area (Å²) < 4.78 is 0.909. The molecule has 0 unspecified atom stereocenters. The van der Waals surface area contributed by atoms with Gasteiger partial charge >= 0.3 is 0 Å². The van der Waals surface area contributed by atoms with E-state index in [-0.39, 0.29) is 12.3 Å². The predicted molar refractivity (Wildman–Crippen MR) is 95.1 cm³/mol. The molecule has 2 N–H and O–H groups in total. The molecule has 0 bridgehead atoms. The molecule has 23 heavy (non-hydrogen) atoms. The van der Waals surface area contributed by atoms with Gasteiger partial charge < -0.3 is 15.5 Å². The first-order valence-corrected chi connectivity index (χ1v) is 8.73. The molecule has 1 heterocycles. The van der Waals surface area contributed by atoms with Gasteiger partial charge in [-0.05, 0) is 43.0 Å². The van der Waals surface area contributed by atoms with E-state index >= 15 is 0 Å². The number of hydroxylamine groups is 2. The van der Waals surface area contributed by atoms with Crippen LogP contribution >= 0.6 is 27.5 Å². The Kier molecular flexibility index (Phi) is 6.08. The van der Waals surface area contributed by atoms with Crippen molar-refractivity contribution < 1.29 is 9.63 Å². The van der Waals surface area contributed by atoms with Crippen molar-refractivity contribution in [1.29, 1.82) is 0 Å². The summed E-state index contributed by atoms with van der Waals surface area (Å²) in [5.74, 6) is -0.0225. The molecule has 0 atom stereocenters. The zero-order chi connectivity index (χ0) is 17.2. The van der Waals surface area contributed by atoms with E-state index in [1.165, 1.54) is 0 Å². The number of hydrogen-bond donors (Lipinski definition) is 1. The van der Waals surface area contributed by atoms with Gasteiger partial charge in [-0.25, -0.2) is 0 Å². The average Bonchev–Trinajstić information content (AvgIpc) is 2.50. The lowest BCUT2D eigenvalue weighted by atomic mass is 9.96. The number of aryl methyl sites for hydroxylation is 1. The van der Waals surface area contributed by atoms with Gasteiger partial charge in [-0.3, -0.25) is 4.79 Å². The predicted octanol–water partition coefficient (Wildman–Crippen LogP) is 2.72. The Morgan fingerprint density at radius 1 is 1.48 bits per heavy atom. The zero-order valence-electron chi connectivity index (χ0n) is 13.7. The summed E-state index contributed by atoms with van der Waals surface area (Å²) in [6.07, 6.45) is 1.60. The standard InChI is InChI=1S/C16H23BrClN3O2/c1-11-8-12(17)9-14(18)13(11)10-15(22)20(2)16(19)4-6-21(23-3)7-5-16/h8-9H,4-7,10,19H2,1-3H3. The summed E-state index contributed by atoms with van der Waals surface area (Å²) in [5, 5.41) is 2.46. The molecule has 128 valence electrons. The van der Waals surface area contributed by atoms with Crippen molar-refractivity contribution in [3.63, 3.8) is 0 Å². The van der Waals surface area contributed by atoms with Crippen LogP contribution in [0.4, 0.5) is 0 Å². The molecule has 1 aliphatic rings. The molecule has 0 saturated carbocycles. The van der Waals surface area contributed by atoms with Gasteiger partial charge in [-0.2, -0.15) is 5.06 Å². The Labute approximate surface area is 150 Å². The molecule has 0 aromatic heterocycles. The Morgan fingerprint density at radius 3 is 2.61 bits per heavy atom. The molecule has 1 fully saturated rings. The Bertz CT molecular complexity index is 566. The van der Waals surface area contributed by atoms with E-state index in [0.29, 0.717) is 31.0 Å². The summed E-state index contributed by atoms with van der Waals surface area (Å²) in [4.78, 5) is 19.6. The minimum atomic E-state index is -0.637. The van der Waals surface area contributed by atoms with Crippen LogP contribution in [0.2, 0.25) is 5.02 Å². The van der Waals surface area contributed by atoms with E-state index in [4.69, 9.17) is 22.2 Å². The zero-order valence-corrected chi connectivity index (χ0v) is 16.1. The van der Waals surface area contributed by atoms with Crippen molar-refractivity contribution in [3.05, 3.63) is 32.8 Å². The topological polar surface area (TPSA) is 58.8 Å².